The van der Waals surface area contributed by atoms with E-state index in [-0.39, 0.29) is 5.56 Å². The van der Waals surface area contributed by atoms with Crippen LogP contribution in [0.5, 0.6) is 0 Å². The molecule has 0 bridgehead atoms. The highest BCUT2D eigenvalue weighted by Gasteiger charge is 2.46. The number of thioether (sulfide) groups is 4. The van der Waals surface area contributed by atoms with Crippen LogP contribution in [0, 0.1) is 44.0 Å². The minimum Gasteiger partial charge on any atom is -0.478 e. The van der Waals surface area contributed by atoms with Gasteiger partial charge in [0.2, 0.25) is 0 Å². The molecular weight excluding hydrogens is 364 g/mol. The Kier molecular flexibility index (Phi) is 3.90. The number of fused-ring (bicyclic) bond motifs is 2. The summed E-state index contributed by atoms with van der Waals surface area (Å²) in [7, 11) is 0. The molecule has 1 N–H and O–H groups in total. The fourth-order valence-electron chi connectivity index (χ4n) is 2.35. The van der Waals surface area contributed by atoms with Gasteiger partial charge in [0.05, 0.1) is 5.56 Å². The van der Waals surface area contributed by atoms with Gasteiger partial charge >= 0.3 is 5.97 Å². The highest BCUT2D eigenvalue weighted by Crippen LogP contribution is 2.65. The SMILES string of the molecule is C#CC1(C)Sc2c(C)c3c(c(C(=O)O)c2S1)SC(C#C)(C#C)S3. The first kappa shape index (κ1) is 16.6. The molecule has 1 unspecified atom stereocenters. The average Bonchev–Trinajstić information content (AvgIpc) is 3.07. The van der Waals surface area contributed by atoms with Crippen molar-refractivity contribution in [3.63, 3.8) is 0 Å². The van der Waals surface area contributed by atoms with E-state index in [1.54, 1.807) is 0 Å². The van der Waals surface area contributed by atoms with Crippen molar-refractivity contribution in [2.75, 3.05) is 0 Å². The Morgan fingerprint density at radius 3 is 1.96 bits per heavy atom. The molecule has 6 heteroatoms. The van der Waals surface area contributed by atoms with Gasteiger partial charge in [-0.3, -0.25) is 0 Å². The van der Waals surface area contributed by atoms with E-state index in [9.17, 15) is 9.90 Å². The summed E-state index contributed by atoms with van der Waals surface area (Å²) in [6.45, 7) is 3.89. The van der Waals surface area contributed by atoms with Crippen LogP contribution in [0.1, 0.15) is 22.8 Å². The van der Waals surface area contributed by atoms with Crippen molar-refractivity contribution in [1.29, 1.82) is 0 Å². The maximum Gasteiger partial charge on any atom is 0.338 e. The second kappa shape index (κ2) is 5.40. The first-order valence-electron chi connectivity index (χ1n) is 6.43. The van der Waals surface area contributed by atoms with Crippen molar-refractivity contribution in [3.05, 3.63) is 11.1 Å². The van der Waals surface area contributed by atoms with Gasteiger partial charge < -0.3 is 5.11 Å². The van der Waals surface area contributed by atoms with E-state index in [1.807, 2.05) is 13.8 Å². The lowest BCUT2D eigenvalue weighted by atomic mass is 10.1. The number of aromatic carboxylic acids is 1. The first-order chi connectivity index (χ1) is 10.8. The quantitative estimate of drug-likeness (QED) is 0.735. The molecule has 0 radical (unpaired) electrons. The molecule has 2 nitrogen and oxygen atoms in total. The zero-order valence-electron chi connectivity index (χ0n) is 12.2. The molecule has 0 amide bonds. The molecule has 2 aliphatic heterocycles. The third-order valence-electron chi connectivity index (χ3n) is 3.49. The smallest absolute Gasteiger partial charge is 0.338 e. The van der Waals surface area contributed by atoms with Crippen LogP contribution in [0.3, 0.4) is 0 Å². The van der Waals surface area contributed by atoms with E-state index in [0.29, 0.717) is 4.90 Å². The van der Waals surface area contributed by atoms with Crippen LogP contribution in [-0.4, -0.2) is 19.2 Å². The molecule has 0 saturated carbocycles. The number of rotatable bonds is 1. The Bertz CT molecular complexity index is 868. The topological polar surface area (TPSA) is 37.3 Å². The number of carboxylic acid groups (broad SMARTS) is 1. The highest BCUT2D eigenvalue weighted by molar-refractivity contribution is 8.22. The zero-order chi connectivity index (χ0) is 17.0. The minimum atomic E-state index is -0.982. The Hall–Kier alpha value is -1.23. The normalized spacial score (nSPS) is 23.3. The maximum atomic E-state index is 11.9. The zero-order valence-corrected chi connectivity index (χ0v) is 15.5. The lowest BCUT2D eigenvalue weighted by Gasteiger charge is -2.13. The van der Waals surface area contributed by atoms with Crippen molar-refractivity contribution >= 4 is 53.0 Å². The van der Waals surface area contributed by atoms with Crippen LogP contribution in [-0.2, 0) is 0 Å². The van der Waals surface area contributed by atoms with Crippen LogP contribution < -0.4 is 0 Å². The van der Waals surface area contributed by atoms with Gasteiger partial charge in [-0.2, -0.15) is 0 Å². The molecule has 23 heavy (non-hydrogen) atoms. The van der Waals surface area contributed by atoms with Gasteiger partial charge in [0.1, 0.15) is 4.08 Å². The minimum absolute atomic E-state index is 0.266. The summed E-state index contributed by atoms with van der Waals surface area (Å²) in [6.07, 6.45) is 16.8. The first-order valence-corrected chi connectivity index (χ1v) is 9.69. The van der Waals surface area contributed by atoms with E-state index in [4.69, 9.17) is 19.3 Å². The van der Waals surface area contributed by atoms with Crippen molar-refractivity contribution in [2.24, 2.45) is 0 Å². The molecule has 3 rings (SSSR count). The fraction of sp³-hybridized carbons (Fsp3) is 0.235. The second-order valence-corrected chi connectivity index (χ2v) is 10.8. The van der Waals surface area contributed by atoms with Crippen LogP contribution >= 0.6 is 47.0 Å². The van der Waals surface area contributed by atoms with Gasteiger partial charge in [-0.1, -0.05) is 64.8 Å². The summed E-state index contributed by atoms with van der Waals surface area (Å²) in [5.74, 6) is 7.01. The average molecular weight is 375 g/mol. The monoisotopic (exact) mass is 374 g/mol. The molecule has 2 heterocycles. The van der Waals surface area contributed by atoms with Gasteiger partial charge in [-0.15, -0.1) is 19.3 Å². The van der Waals surface area contributed by atoms with Crippen molar-refractivity contribution in [2.45, 2.75) is 41.6 Å². The molecule has 0 aromatic heterocycles. The van der Waals surface area contributed by atoms with Crippen LogP contribution in [0.25, 0.3) is 0 Å². The third kappa shape index (κ3) is 2.35. The van der Waals surface area contributed by atoms with E-state index in [0.717, 1.165) is 20.2 Å². The Balaban J connectivity index is 2.29. The number of terminal acetylenes is 3. The van der Waals surface area contributed by atoms with E-state index >= 15 is 0 Å². The van der Waals surface area contributed by atoms with Gasteiger partial charge in [0.25, 0.3) is 0 Å². The molecule has 2 aliphatic rings. The third-order valence-corrected chi connectivity index (χ3v) is 9.46. The molecule has 0 aliphatic carbocycles. The highest BCUT2D eigenvalue weighted by atomic mass is 32.2. The van der Waals surface area contributed by atoms with Gasteiger partial charge in [0.15, 0.2) is 4.08 Å². The molecule has 1 atom stereocenters. The van der Waals surface area contributed by atoms with Crippen molar-refractivity contribution in [3.8, 4) is 37.0 Å². The lowest BCUT2D eigenvalue weighted by Crippen LogP contribution is -2.10. The standard InChI is InChI=1S/C17H10O2S4/c1-6-16(5)20-11-9(4)12-14(10(15(18)19)13(11)21-16)23-17(7-2,8-3)22-12/h1-3H,4-5H3,(H,18,19). The van der Waals surface area contributed by atoms with Gasteiger partial charge in [-0.05, 0) is 19.4 Å². The van der Waals surface area contributed by atoms with Crippen LogP contribution in [0.15, 0.2) is 19.6 Å². The Morgan fingerprint density at radius 1 is 0.957 bits per heavy atom. The van der Waals surface area contributed by atoms with Crippen molar-refractivity contribution < 1.29 is 9.90 Å². The second-order valence-electron chi connectivity index (χ2n) is 5.03. The molecule has 0 fully saturated rings. The summed E-state index contributed by atoms with van der Waals surface area (Å²) >= 11 is 5.56. The summed E-state index contributed by atoms with van der Waals surface area (Å²) in [4.78, 5) is 15.1. The van der Waals surface area contributed by atoms with Crippen molar-refractivity contribution in [1.82, 2.24) is 0 Å². The number of benzene rings is 1. The molecule has 0 spiro atoms. The summed E-state index contributed by atoms with van der Waals surface area (Å²) in [5.41, 5.74) is 1.27. The number of carboxylic acids is 1. The van der Waals surface area contributed by atoms with E-state index in [2.05, 4.69) is 17.8 Å². The van der Waals surface area contributed by atoms with Crippen LogP contribution in [0.4, 0.5) is 0 Å². The van der Waals surface area contributed by atoms with Crippen LogP contribution in [0.2, 0.25) is 0 Å². The van der Waals surface area contributed by atoms with E-state index in [1.165, 1.54) is 47.0 Å². The summed E-state index contributed by atoms with van der Waals surface area (Å²) < 4.78 is -1.39. The fourth-order valence-corrected chi connectivity index (χ4v) is 7.99. The molecule has 0 saturated heterocycles. The molecule has 1 aromatic rings. The lowest BCUT2D eigenvalue weighted by molar-refractivity contribution is 0.0688. The Labute approximate surface area is 152 Å². The predicted molar refractivity (Wildman–Crippen MR) is 99.2 cm³/mol. The molecular formula is C17H10O2S4. The maximum absolute atomic E-state index is 11.9. The number of hydrogen-bond donors (Lipinski definition) is 1. The number of carbonyl (C=O) groups is 1. The van der Waals surface area contributed by atoms with Gasteiger partial charge in [-0.25, -0.2) is 4.79 Å². The Morgan fingerprint density at radius 2 is 1.43 bits per heavy atom. The molecule has 1 aromatic carbocycles. The largest absolute Gasteiger partial charge is 0.478 e. The molecule has 114 valence electrons. The number of hydrogen-bond acceptors (Lipinski definition) is 5. The van der Waals surface area contributed by atoms with E-state index < -0.39 is 14.1 Å². The predicted octanol–water partition coefficient (Wildman–Crippen LogP) is 4.40. The van der Waals surface area contributed by atoms with Gasteiger partial charge in [0, 0.05) is 19.6 Å². The summed E-state index contributed by atoms with van der Waals surface area (Å²) in [5, 5.41) is 9.76. The summed E-state index contributed by atoms with van der Waals surface area (Å²) in [6, 6.07) is 0.